The average Bonchev–Trinajstić information content (AvgIpc) is 2.38. The molecular formula is C16H26N2O2S. The maximum absolute atomic E-state index is 12.4. The molecule has 0 spiro atoms. The van der Waals surface area contributed by atoms with Crippen LogP contribution in [0.4, 0.5) is 0 Å². The zero-order chi connectivity index (χ0) is 16.0. The molecule has 4 nitrogen and oxygen atoms in total. The van der Waals surface area contributed by atoms with Gasteiger partial charge in [0.1, 0.15) is 0 Å². The first-order valence-corrected chi connectivity index (χ1v) is 8.60. The van der Waals surface area contributed by atoms with E-state index in [-0.39, 0.29) is 0 Å². The van der Waals surface area contributed by atoms with E-state index in [4.69, 9.17) is 0 Å². The lowest BCUT2D eigenvalue weighted by Crippen LogP contribution is -2.28. The predicted octanol–water partition coefficient (Wildman–Crippen LogP) is 2.42. The van der Waals surface area contributed by atoms with Gasteiger partial charge in [-0.15, -0.1) is 0 Å². The topological polar surface area (TPSA) is 49.4 Å². The standard InChI is InChI=1S/C16H26N2O2S/c1-13(2)12-18(5)21(19,20)16-8-6-15(7-9-16)10-11-17-14(3)4/h6-9,14,17H,1,10-12H2,2-5H3. The molecule has 0 heterocycles. The summed E-state index contributed by atoms with van der Waals surface area (Å²) in [5, 5.41) is 3.34. The summed E-state index contributed by atoms with van der Waals surface area (Å²) in [6.07, 6.45) is 0.889. The van der Waals surface area contributed by atoms with Crippen molar-refractivity contribution in [2.45, 2.75) is 38.1 Å². The maximum Gasteiger partial charge on any atom is 0.243 e. The first-order chi connectivity index (χ1) is 9.73. The Labute approximate surface area is 128 Å². The lowest BCUT2D eigenvalue weighted by molar-refractivity contribution is 0.493. The van der Waals surface area contributed by atoms with E-state index in [1.54, 1.807) is 19.2 Å². The minimum atomic E-state index is -3.43. The molecule has 0 aromatic heterocycles. The van der Waals surface area contributed by atoms with Crippen LogP contribution in [-0.4, -0.2) is 38.9 Å². The van der Waals surface area contributed by atoms with Gasteiger partial charge in [0.25, 0.3) is 0 Å². The van der Waals surface area contributed by atoms with Crippen molar-refractivity contribution in [3.8, 4) is 0 Å². The van der Waals surface area contributed by atoms with E-state index in [0.717, 1.165) is 24.1 Å². The second kappa shape index (κ2) is 7.73. The summed E-state index contributed by atoms with van der Waals surface area (Å²) in [6, 6.07) is 7.57. The molecule has 118 valence electrons. The molecule has 5 heteroatoms. The van der Waals surface area contributed by atoms with E-state index in [1.807, 2.05) is 19.1 Å². The number of hydrogen-bond donors (Lipinski definition) is 1. The smallest absolute Gasteiger partial charge is 0.243 e. The molecule has 1 aromatic rings. The van der Waals surface area contributed by atoms with Crippen molar-refractivity contribution in [3.05, 3.63) is 42.0 Å². The van der Waals surface area contributed by atoms with E-state index in [9.17, 15) is 8.42 Å². The van der Waals surface area contributed by atoms with E-state index < -0.39 is 10.0 Å². The van der Waals surface area contributed by atoms with Gasteiger partial charge in [0.2, 0.25) is 10.0 Å². The van der Waals surface area contributed by atoms with Crippen molar-refractivity contribution < 1.29 is 8.42 Å². The Hall–Kier alpha value is -1.17. The van der Waals surface area contributed by atoms with Gasteiger partial charge in [-0.1, -0.05) is 38.1 Å². The van der Waals surface area contributed by atoms with Crippen molar-refractivity contribution in [3.63, 3.8) is 0 Å². The maximum atomic E-state index is 12.4. The molecule has 0 amide bonds. The summed E-state index contributed by atoms with van der Waals surface area (Å²) in [7, 11) is -1.85. The van der Waals surface area contributed by atoms with E-state index in [0.29, 0.717) is 17.5 Å². The van der Waals surface area contributed by atoms with E-state index >= 15 is 0 Å². The molecule has 0 saturated heterocycles. The molecule has 0 saturated carbocycles. The van der Waals surface area contributed by atoms with E-state index in [1.165, 1.54) is 4.31 Å². The third kappa shape index (κ3) is 5.61. The van der Waals surface area contributed by atoms with Crippen LogP contribution in [0.5, 0.6) is 0 Å². The fourth-order valence-corrected chi connectivity index (χ4v) is 3.21. The van der Waals surface area contributed by atoms with Crippen molar-refractivity contribution in [2.24, 2.45) is 0 Å². The van der Waals surface area contributed by atoms with Crippen molar-refractivity contribution in [1.29, 1.82) is 0 Å². The largest absolute Gasteiger partial charge is 0.314 e. The summed E-state index contributed by atoms with van der Waals surface area (Å²) in [4.78, 5) is 0.326. The molecule has 0 atom stereocenters. The number of nitrogens with one attached hydrogen (secondary N) is 1. The quantitative estimate of drug-likeness (QED) is 0.750. The van der Waals surface area contributed by atoms with Crippen LogP contribution in [0.2, 0.25) is 0 Å². The lowest BCUT2D eigenvalue weighted by atomic mass is 10.1. The molecular weight excluding hydrogens is 284 g/mol. The van der Waals surface area contributed by atoms with Gasteiger partial charge < -0.3 is 5.32 Å². The van der Waals surface area contributed by atoms with Gasteiger partial charge in [-0.05, 0) is 37.6 Å². The minimum absolute atomic E-state index is 0.326. The van der Waals surface area contributed by atoms with Crippen LogP contribution in [-0.2, 0) is 16.4 Å². The monoisotopic (exact) mass is 310 g/mol. The Morgan fingerprint density at radius 1 is 1.29 bits per heavy atom. The Morgan fingerprint density at radius 3 is 2.33 bits per heavy atom. The summed E-state index contributed by atoms with van der Waals surface area (Å²) in [5.41, 5.74) is 1.95. The second-order valence-electron chi connectivity index (χ2n) is 5.72. The van der Waals surface area contributed by atoms with Crippen LogP contribution >= 0.6 is 0 Å². The molecule has 0 bridgehead atoms. The normalized spacial score (nSPS) is 12.1. The Morgan fingerprint density at radius 2 is 1.86 bits per heavy atom. The van der Waals surface area contributed by atoms with Gasteiger partial charge in [0.05, 0.1) is 4.90 Å². The summed E-state index contributed by atoms with van der Waals surface area (Å²) in [6.45, 7) is 11.0. The Balaban J connectivity index is 2.74. The molecule has 0 radical (unpaired) electrons. The highest BCUT2D eigenvalue weighted by Crippen LogP contribution is 2.16. The molecule has 0 aliphatic carbocycles. The van der Waals surface area contributed by atoms with Crippen molar-refractivity contribution in [2.75, 3.05) is 20.1 Å². The highest BCUT2D eigenvalue weighted by molar-refractivity contribution is 7.89. The van der Waals surface area contributed by atoms with Crippen LogP contribution in [0.1, 0.15) is 26.3 Å². The van der Waals surface area contributed by atoms with Crippen LogP contribution < -0.4 is 5.32 Å². The van der Waals surface area contributed by atoms with Crippen LogP contribution in [0.3, 0.4) is 0 Å². The zero-order valence-electron chi connectivity index (χ0n) is 13.4. The fraction of sp³-hybridized carbons (Fsp3) is 0.500. The molecule has 0 unspecified atom stereocenters. The third-order valence-electron chi connectivity index (χ3n) is 3.09. The highest BCUT2D eigenvalue weighted by atomic mass is 32.2. The molecule has 1 N–H and O–H groups in total. The summed E-state index contributed by atoms with van der Waals surface area (Å²) in [5.74, 6) is 0. The number of nitrogens with zero attached hydrogens (tertiary/aromatic N) is 1. The fourth-order valence-electron chi connectivity index (χ4n) is 1.98. The Bertz CT molecular complexity index is 562. The molecule has 21 heavy (non-hydrogen) atoms. The van der Waals surface area contributed by atoms with Crippen LogP contribution in [0, 0.1) is 0 Å². The van der Waals surface area contributed by atoms with Crippen molar-refractivity contribution >= 4 is 10.0 Å². The number of hydrogen-bond acceptors (Lipinski definition) is 3. The second-order valence-corrected chi connectivity index (χ2v) is 7.77. The molecule has 0 fully saturated rings. The first-order valence-electron chi connectivity index (χ1n) is 7.16. The summed E-state index contributed by atoms with van der Waals surface area (Å²) >= 11 is 0. The zero-order valence-corrected chi connectivity index (χ0v) is 14.2. The van der Waals surface area contributed by atoms with Crippen molar-refractivity contribution in [1.82, 2.24) is 9.62 Å². The van der Waals surface area contributed by atoms with Gasteiger partial charge in [-0.2, -0.15) is 4.31 Å². The summed E-state index contributed by atoms with van der Waals surface area (Å²) < 4.78 is 26.0. The third-order valence-corrected chi connectivity index (χ3v) is 4.91. The van der Waals surface area contributed by atoms with Gasteiger partial charge in [-0.25, -0.2) is 8.42 Å². The minimum Gasteiger partial charge on any atom is -0.314 e. The molecule has 0 aliphatic heterocycles. The van der Waals surface area contributed by atoms with Gasteiger partial charge >= 0.3 is 0 Å². The Kier molecular flexibility index (Phi) is 6.58. The molecule has 1 aromatic carbocycles. The number of benzene rings is 1. The molecule has 0 aliphatic rings. The first kappa shape index (κ1) is 17.9. The van der Waals surface area contributed by atoms with Gasteiger partial charge in [0.15, 0.2) is 0 Å². The predicted molar refractivity (Wildman–Crippen MR) is 87.9 cm³/mol. The SMILES string of the molecule is C=C(C)CN(C)S(=O)(=O)c1ccc(CCNC(C)C)cc1. The van der Waals surface area contributed by atoms with Crippen LogP contribution in [0.25, 0.3) is 0 Å². The van der Waals surface area contributed by atoms with E-state index in [2.05, 4.69) is 25.7 Å². The number of rotatable bonds is 8. The molecule has 1 rings (SSSR count). The number of likely N-dealkylation sites (N-methyl/N-ethyl adjacent to an activating group) is 1. The lowest BCUT2D eigenvalue weighted by Gasteiger charge is -2.17. The number of sulfonamides is 1. The van der Waals surface area contributed by atoms with Gasteiger partial charge in [-0.3, -0.25) is 0 Å². The highest BCUT2D eigenvalue weighted by Gasteiger charge is 2.20. The van der Waals surface area contributed by atoms with Gasteiger partial charge in [0, 0.05) is 19.6 Å². The average molecular weight is 310 g/mol. The van der Waals surface area contributed by atoms with Crippen LogP contribution in [0.15, 0.2) is 41.3 Å².